The summed E-state index contributed by atoms with van der Waals surface area (Å²) in [6, 6.07) is 12.2. The number of nitrogens with zero attached hydrogens (tertiary/aromatic N) is 6. The maximum atomic E-state index is 12.6. The van der Waals surface area contributed by atoms with Crippen molar-refractivity contribution < 1.29 is 104 Å². The molecule has 0 aliphatic heterocycles. The van der Waals surface area contributed by atoms with Crippen molar-refractivity contribution in [3.63, 3.8) is 0 Å². The van der Waals surface area contributed by atoms with Crippen molar-refractivity contribution in [3.8, 4) is 0 Å². The van der Waals surface area contributed by atoms with Crippen LogP contribution < -0.4 is 56.1 Å². The van der Waals surface area contributed by atoms with Gasteiger partial charge in [0.25, 0.3) is 28.8 Å². The summed E-state index contributed by atoms with van der Waals surface area (Å²) in [5, 5.41) is 46.0. The van der Waals surface area contributed by atoms with E-state index in [-0.39, 0.29) is 111 Å². The van der Waals surface area contributed by atoms with E-state index >= 15 is 0 Å². The molecule has 0 unspecified atom stereocenters. The van der Waals surface area contributed by atoms with E-state index in [1.165, 1.54) is 24.3 Å². The van der Waals surface area contributed by atoms with Gasteiger partial charge in [-0.1, -0.05) is 68.7 Å². The zero-order chi connectivity index (χ0) is 44.6. The minimum atomic E-state index is -1.16. The van der Waals surface area contributed by atoms with Crippen LogP contribution in [0.15, 0.2) is 82.6 Å². The van der Waals surface area contributed by atoms with Gasteiger partial charge in [-0.25, -0.2) is 8.78 Å². The molecule has 1 N–H and O–H groups in total. The fourth-order valence-electron chi connectivity index (χ4n) is 2.52. The summed E-state index contributed by atoms with van der Waals surface area (Å²) in [6.07, 6.45) is 0. The molecule has 0 saturated carbocycles. The summed E-state index contributed by atoms with van der Waals surface area (Å²) in [6.45, 7) is 0.806. The molecule has 30 heteroatoms. The van der Waals surface area contributed by atoms with Crippen molar-refractivity contribution in [2.75, 3.05) is 0 Å². The molecule has 0 spiro atoms. The number of nitrogens with one attached hydrogen (secondary N) is 1. The van der Waals surface area contributed by atoms with Crippen LogP contribution in [0.4, 0.5) is 49.4 Å². The van der Waals surface area contributed by atoms with Gasteiger partial charge in [0.1, 0.15) is 21.7 Å². The van der Waals surface area contributed by atoms with Crippen LogP contribution in [0.2, 0.25) is 20.1 Å². The van der Waals surface area contributed by atoms with Crippen LogP contribution in [0.3, 0.4) is 0 Å². The van der Waals surface area contributed by atoms with E-state index in [0.717, 1.165) is 49.2 Å². The average Bonchev–Trinajstić information content (AvgIpc) is 3.13. The summed E-state index contributed by atoms with van der Waals surface area (Å²) >= 11 is 21.7. The normalized spacial score (nSPS) is 8.63. The Hall–Kier alpha value is -3.88. The first kappa shape index (κ1) is 69.7. The predicted octanol–water partition coefficient (Wildman–Crippen LogP) is 5.37. The first-order valence-electron chi connectivity index (χ1n) is 13.3. The Kier molecular flexibility index (Phi) is 51.6. The van der Waals surface area contributed by atoms with Gasteiger partial charge in [-0.2, -0.15) is 13.2 Å². The van der Waals surface area contributed by atoms with Crippen LogP contribution in [-0.2, 0) is 0 Å². The maximum absolute atomic E-state index is 12.6. The molecule has 0 aromatic heterocycles. The van der Waals surface area contributed by atoms with E-state index in [0.29, 0.717) is 11.1 Å². The number of benzene rings is 4. The molecule has 15 nitrogen and oxygen atoms in total. The Balaban J connectivity index is -0.0000000757. The monoisotopic (exact) mass is 950 g/mol. The van der Waals surface area contributed by atoms with Crippen molar-refractivity contribution >= 4 is 106 Å². The smallest absolute Gasteiger partial charge is 1.00 e. The zero-order valence-corrected chi connectivity index (χ0v) is 33.6. The fraction of sp³-hybridized carbons (Fsp3) is 0.103. The van der Waals surface area contributed by atoms with Crippen LogP contribution in [-0.4, -0.2) is 57.9 Å². The standard InChI is InChI=1S/C6H3Cl2NO2.2C6H3ClFNO2.C6H3F2NO2.CHBFN.CH2BN.3CH4.BHN.2FH.K/c7-4-1-2-6(9(10)11)5(8)3-4;7-5-3-4(8)1-2-6(5)9(10)11;2*7-4-1-2-6(9(10)11)5(8)3-4;2-4-1-3;1-3-2;;;;1-2;;;/h4*1-3H;1H;1H2;3*1H4;2H;2*1H;/q;;;;;;;;;;;;+1/p-1/i;;;;;1D;;;;;;;/hD. The van der Waals surface area contributed by atoms with E-state index in [4.69, 9.17) is 57.8 Å². The van der Waals surface area contributed by atoms with Gasteiger partial charge in [0.05, 0.1) is 21.1 Å². The maximum Gasteiger partial charge on any atom is 1.00 e. The zero-order valence-electron chi connectivity index (χ0n) is 29.4. The van der Waals surface area contributed by atoms with Crippen LogP contribution in [0.1, 0.15) is 23.7 Å². The minimum Gasteiger partial charge on any atom is -1.00 e. The third kappa shape index (κ3) is 34.7. The molecular weight excluding hydrogens is 921 g/mol. The Morgan fingerprint density at radius 1 is 0.644 bits per heavy atom. The predicted molar refractivity (Wildman–Crippen MR) is 214 cm³/mol. The Morgan fingerprint density at radius 2 is 0.915 bits per heavy atom. The molecule has 0 fully saturated rings. The van der Waals surface area contributed by atoms with E-state index in [2.05, 4.69) is 34.9 Å². The van der Waals surface area contributed by atoms with Crippen LogP contribution in [0, 0.1) is 69.0 Å². The van der Waals surface area contributed by atoms with Gasteiger partial charge in [0, 0.05) is 40.4 Å². The number of nitro groups is 4. The van der Waals surface area contributed by atoms with E-state index in [1.54, 1.807) is 0 Å². The van der Waals surface area contributed by atoms with Gasteiger partial charge in [-0.15, -0.1) is 0 Å². The Morgan fingerprint density at radius 3 is 1.19 bits per heavy atom. The van der Waals surface area contributed by atoms with Crippen molar-refractivity contribution in [2.45, 2.75) is 22.3 Å². The minimum absolute atomic E-state index is 0. The summed E-state index contributed by atoms with van der Waals surface area (Å²) in [7, 11) is 12.4. The second-order valence-corrected chi connectivity index (χ2v) is 9.49. The first-order chi connectivity index (χ1) is 26.3. The summed E-state index contributed by atoms with van der Waals surface area (Å²) in [5.74, 6) is -3.48. The van der Waals surface area contributed by atoms with Crippen molar-refractivity contribution in [1.29, 1.82) is 6.76 Å². The summed E-state index contributed by atoms with van der Waals surface area (Å²) in [5.41, 5.74) is -1.69. The van der Waals surface area contributed by atoms with Gasteiger partial charge < -0.3 is 14.5 Å². The van der Waals surface area contributed by atoms with Crippen molar-refractivity contribution in [3.05, 3.63) is 157 Å². The topological polar surface area (TPSA) is 221 Å². The third-order valence-electron chi connectivity index (χ3n) is 4.48. The van der Waals surface area contributed by atoms with Gasteiger partial charge in [0.2, 0.25) is 11.6 Å². The molecule has 4 aromatic rings. The Bertz CT molecular complexity index is 1680. The number of hydrogen-bond donors (Lipinski definition) is 1. The first-order valence-corrected chi connectivity index (χ1v) is 13.9. The van der Waals surface area contributed by atoms with Gasteiger partial charge >= 0.3 is 75.7 Å². The van der Waals surface area contributed by atoms with Gasteiger partial charge in [-0.3, -0.25) is 45.2 Å². The molecule has 59 heavy (non-hydrogen) atoms. The molecule has 4 aromatic carbocycles. The molecule has 4 rings (SSSR count). The van der Waals surface area contributed by atoms with E-state index in [9.17, 15) is 62.4 Å². The molecule has 0 saturated heterocycles. The summed E-state index contributed by atoms with van der Waals surface area (Å²) in [4.78, 5) is 42.7. The molecule has 315 valence electrons. The quantitative estimate of drug-likeness (QED) is 0.0919. The van der Waals surface area contributed by atoms with Gasteiger partial charge in [0.15, 0.2) is 6.47 Å². The van der Waals surface area contributed by atoms with Crippen LogP contribution in [0.25, 0.3) is 0 Å². The second-order valence-electron chi connectivity index (χ2n) is 7.81. The van der Waals surface area contributed by atoms with E-state index in [1.807, 2.05) is 0 Å². The molecule has 0 aliphatic carbocycles. The largest absolute Gasteiger partial charge is 1.00 e. The Labute approximate surface area is 401 Å². The molecule has 0 aliphatic rings. The fourth-order valence-corrected chi connectivity index (χ4v) is 3.39. The molecule has 0 heterocycles. The third-order valence-corrected chi connectivity index (χ3v) is 5.56. The molecule has 5 radical (unpaired) electrons. The van der Waals surface area contributed by atoms with Gasteiger partial charge in [-0.05, 0) is 49.2 Å². The van der Waals surface area contributed by atoms with E-state index < -0.39 is 54.3 Å². The summed E-state index contributed by atoms with van der Waals surface area (Å²) < 4.78 is 78.8. The van der Waals surface area contributed by atoms with Crippen molar-refractivity contribution in [2.24, 2.45) is 9.81 Å². The molecule has 0 bridgehead atoms. The molecular formula is C29H29B3Cl4F7KN7O8. The second kappa shape index (κ2) is 43.7. The van der Waals surface area contributed by atoms with Crippen molar-refractivity contribution in [1.82, 2.24) is 0 Å². The molecule has 0 atom stereocenters. The number of hydrogen-bond acceptors (Lipinski definition) is 11. The van der Waals surface area contributed by atoms with Crippen LogP contribution in [0.5, 0.6) is 0 Å². The number of rotatable bonds is 4. The number of nitro benzene ring substituents is 4. The molecule has 0 amide bonds. The SMILES string of the molecule is C.C.C.O=[N+]([O-])c1ccc(Cl)cc1Cl.O=[N+]([O-])c1ccc(Cl)cc1F.O=[N+]([O-])c1ccc(F)cc1Cl.O=[N+]([O-])c1ccc(F)cc1F.[2H]C=N[B].[2H]F.[B]=N.[B]N=CF.[F-].[K+]. The number of halogens is 11. The van der Waals surface area contributed by atoms with Crippen LogP contribution >= 0.6 is 46.4 Å². The average molecular weight is 952 g/mol.